The van der Waals surface area contributed by atoms with E-state index in [1.807, 2.05) is 6.92 Å². The Hall–Kier alpha value is -2.34. The number of aromatic carboxylic acids is 1. The molecule has 0 aliphatic rings. The van der Waals surface area contributed by atoms with Gasteiger partial charge in [0.25, 0.3) is 0 Å². The lowest BCUT2D eigenvalue weighted by Gasteiger charge is -2.10. The first-order valence-corrected chi connectivity index (χ1v) is 6.35. The Morgan fingerprint density at radius 2 is 2.10 bits per heavy atom. The predicted molar refractivity (Wildman–Crippen MR) is 77.9 cm³/mol. The molecule has 3 N–H and O–H groups in total. The fourth-order valence-corrected chi connectivity index (χ4v) is 1.82. The lowest BCUT2D eigenvalue weighted by molar-refractivity contribution is 0.0698. The summed E-state index contributed by atoms with van der Waals surface area (Å²) in [4.78, 5) is 19.4. The van der Waals surface area contributed by atoms with Crippen LogP contribution in [0.15, 0.2) is 30.3 Å². The Bertz CT molecular complexity index is 634. The number of benzene rings is 1. The summed E-state index contributed by atoms with van der Waals surface area (Å²) >= 11 is 5.91. The SMILES string of the molecule is CCNc1nc(Cl)cc(Nc2ccccc2C(=O)O)n1. The maximum absolute atomic E-state index is 11.1. The first-order valence-electron chi connectivity index (χ1n) is 5.98. The smallest absolute Gasteiger partial charge is 0.337 e. The van der Waals surface area contributed by atoms with Gasteiger partial charge in [-0.25, -0.2) is 9.78 Å². The molecule has 1 heterocycles. The molecule has 20 heavy (non-hydrogen) atoms. The van der Waals surface area contributed by atoms with Crippen LogP contribution >= 0.6 is 11.6 Å². The number of para-hydroxylation sites is 1. The van der Waals surface area contributed by atoms with Crippen LogP contribution in [0.2, 0.25) is 5.15 Å². The van der Waals surface area contributed by atoms with Gasteiger partial charge in [0.15, 0.2) is 0 Å². The van der Waals surface area contributed by atoms with Crippen LogP contribution in [0.25, 0.3) is 0 Å². The van der Waals surface area contributed by atoms with E-state index in [0.717, 1.165) is 0 Å². The van der Waals surface area contributed by atoms with Gasteiger partial charge in [-0.05, 0) is 19.1 Å². The van der Waals surface area contributed by atoms with Gasteiger partial charge in [-0.1, -0.05) is 23.7 Å². The van der Waals surface area contributed by atoms with Crippen molar-refractivity contribution in [3.8, 4) is 0 Å². The van der Waals surface area contributed by atoms with Crippen LogP contribution in [0.1, 0.15) is 17.3 Å². The van der Waals surface area contributed by atoms with E-state index in [2.05, 4.69) is 20.6 Å². The van der Waals surface area contributed by atoms with Crippen molar-refractivity contribution >= 4 is 35.0 Å². The summed E-state index contributed by atoms with van der Waals surface area (Å²) in [5.41, 5.74) is 0.601. The molecule has 2 rings (SSSR count). The molecule has 1 aromatic heterocycles. The minimum Gasteiger partial charge on any atom is -0.478 e. The molecule has 0 saturated heterocycles. The van der Waals surface area contributed by atoms with Crippen molar-refractivity contribution in [1.82, 2.24) is 9.97 Å². The zero-order valence-electron chi connectivity index (χ0n) is 10.7. The van der Waals surface area contributed by atoms with Gasteiger partial charge in [0, 0.05) is 12.6 Å². The largest absolute Gasteiger partial charge is 0.478 e. The molecular formula is C13H13ClN4O2. The summed E-state index contributed by atoms with van der Waals surface area (Å²) in [5.74, 6) is -0.204. The molecule has 0 aliphatic carbocycles. The van der Waals surface area contributed by atoms with Gasteiger partial charge in [-0.15, -0.1) is 0 Å². The van der Waals surface area contributed by atoms with Gasteiger partial charge >= 0.3 is 5.97 Å². The Morgan fingerprint density at radius 3 is 2.80 bits per heavy atom. The third kappa shape index (κ3) is 3.36. The third-order valence-corrected chi connectivity index (χ3v) is 2.64. The number of hydrogen-bond donors (Lipinski definition) is 3. The van der Waals surface area contributed by atoms with Gasteiger partial charge in [0.05, 0.1) is 11.3 Å². The quantitative estimate of drug-likeness (QED) is 0.734. The van der Waals surface area contributed by atoms with Crippen LogP contribution in [0.5, 0.6) is 0 Å². The number of halogens is 1. The summed E-state index contributed by atoms with van der Waals surface area (Å²) < 4.78 is 0. The highest BCUT2D eigenvalue weighted by Gasteiger charge is 2.10. The Labute approximate surface area is 120 Å². The van der Waals surface area contributed by atoms with Crippen LogP contribution < -0.4 is 10.6 Å². The van der Waals surface area contributed by atoms with Gasteiger partial charge in [0.1, 0.15) is 11.0 Å². The molecule has 0 unspecified atom stereocenters. The molecule has 6 nitrogen and oxygen atoms in total. The summed E-state index contributed by atoms with van der Waals surface area (Å²) in [6.07, 6.45) is 0. The number of nitrogens with zero attached hydrogens (tertiary/aromatic N) is 2. The van der Waals surface area contributed by atoms with Crippen molar-refractivity contribution in [1.29, 1.82) is 0 Å². The summed E-state index contributed by atoms with van der Waals surface area (Å²) in [5, 5.41) is 15.3. The average molecular weight is 293 g/mol. The minimum absolute atomic E-state index is 0.159. The van der Waals surface area contributed by atoms with Crippen LogP contribution in [-0.4, -0.2) is 27.6 Å². The number of carboxylic acid groups (broad SMARTS) is 1. The molecule has 0 atom stereocenters. The number of anilines is 3. The Kier molecular flexibility index (Phi) is 4.37. The van der Waals surface area contributed by atoms with E-state index >= 15 is 0 Å². The van der Waals surface area contributed by atoms with Crippen LogP contribution in [0.3, 0.4) is 0 Å². The second-order valence-corrected chi connectivity index (χ2v) is 4.29. The highest BCUT2D eigenvalue weighted by molar-refractivity contribution is 6.29. The topological polar surface area (TPSA) is 87.1 Å². The van der Waals surface area contributed by atoms with Gasteiger partial charge in [0.2, 0.25) is 5.95 Å². The molecular weight excluding hydrogens is 280 g/mol. The molecule has 0 amide bonds. The van der Waals surface area contributed by atoms with Gasteiger partial charge in [-0.3, -0.25) is 0 Å². The second kappa shape index (κ2) is 6.21. The van der Waals surface area contributed by atoms with E-state index in [1.54, 1.807) is 18.2 Å². The van der Waals surface area contributed by atoms with E-state index < -0.39 is 5.97 Å². The number of aromatic nitrogens is 2. The molecule has 0 fully saturated rings. The van der Waals surface area contributed by atoms with E-state index in [4.69, 9.17) is 16.7 Å². The highest BCUT2D eigenvalue weighted by Crippen LogP contribution is 2.22. The summed E-state index contributed by atoms with van der Waals surface area (Å²) in [6.45, 7) is 2.57. The van der Waals surface area contributed by atoms with E-state index in [0.29, 0.717) is 24.0 Å². The number of rotatable bonds is 5. The molecule has 0 bridgehead atoms. The van der Waals surface area contributed by atoms with Crippen LogP contribution in [0.4, 0.5) is 17.5 Å². The van der Waals surface area contributed by atoms with Crippen LogP contribution in [0, 0.1) is 0 Å². The van der Waals surface area contributed by atoms with Crippen molar-refractivity contribution in [3.05, 3.63) is 41.0 Å². The number of nitrogens with one attached hydrogen (secondary N) is 2. The fourth-order valence-electron chi connectivity index (χ4n) is 1.64. The second-order valence-electron chi connectivity index (χ2n) is 3.91. The normalized spacial score (nSPS) is 10.1. The number of carbonyl (C=O) groups is 1. The maximum atomic E-state index is 11.1. The van der Waals surface area contributed by atoms with Crippen molar-refractivity contribution in [2.24, 2.45) is 0 Å². The standard InChI is InChI=1S/C13H13ClN4O2/c1-2-15-13-17-10(14)7-11(18-13)16-9-6-4-3-5-8(9)12(19)20/h3-7H,2H2,1H3,(H,19,20)(H2,15,16,17,18). The maximum Gasteiger partial charge on any atom is 0.337 e. The van der Waals surface area contributed by atoms with Crippen molar-refractivity contribution in [2.45, 2.75) is 6.92 Å². The Balaban J connectivity index is 2.32. The average Bonchev–Trinajstić information content (AvgIpc) is 2.38. The van der Waals surface area contributed by atoms with Crippen molar-refractivity contribution in [3.63, 3.8) is 0 Å². The molecule has 0 radical (unpaired) electrons. The molecule has 7 heteroatoms. The predicted octanol–water partition coefficient (Wildman–Crippen LogP) is 3.00. The molecule has 0 aliphatic heterocycles. The monoisotopic (exact) mass is 292 g/mol. The van der Waals surface area contributed by atoms with E-state index in [9.17, 15) is 4.79 Å². The first-order chi connectivity index (χ1) is 9.60. The zero-order valence-corrected chi connectivity index (χ0v) is 11.5. The zero-order chi connectivity index (χ0) is 14.5. The fraction of sp³-hybridized carbons (Fsp3) is 0.154. The van der Waals surface area contributed by atoms with Gasteiger partial charge in [-0.2, -0.15) is 4.98 Å². The summed E-state index contributed by atoms with van der Waals surface area (Å²) in [6, 6.07) is 8.10. The van der Waals surface area contributed by atoms with Crippen LogP contribution in [-0.2, 0) is 0 Å². The molecule has 0 saturated carbocycles. The first kappa shape index (κ1) is 14.1. The molecule has 104 valence electrons. The van der Waals surface area contributed by atoms with E-state index in [-0.39, 0.29) is 10.7 Å². The lowest BCUT2D eigenvalue weighted by Crippen LogP contribution is -2.06. The highest BCUT2D eigenvalue weighted by atomic mass is 35.5. The Morgan fingerprint density at radius 1 is 1.35 bits per heavy atom. The van der Waals surface area contributed by atoms with Crippen molar-refractivity contribution in [2.75, 3.05) is 17.2 Å². The number of hydrogen-bond acceptors (Lipinski definition) is 5. The van der Waals surface area contributed by atoms with Gasteiger partial charge < -0.3 is 15.7 Å². The molecule has 0 spiro atoms. The lowest BCUT2D eigenvalue weighted by atomic mass is 10.2. The summed E-state index contributed by atoms with van der Waals surface area (Å²) in [7, 11) is 0. The third-order valence-electron chi connectivity index (χ3n) is 2.45. The molecule has 2 aromatic rings. The van der Waals surface area contributed by atoms with E-state index in [1.165, 1.54) is 12.1 Å². The van der Waals surface area contributed by atoms with Crippen molar-refractivity contribution < 1.29 is 9.90 Å². The molecule has 1 aromatic carbocycles. The number of carboxylic acids is 1. The minimum atomic E-state index is -1.01.